The number of nitrogens with one attached hydrogen (secondary N) is 2. The number of amides is 2. The number of rotatable bonds is 8. The molecule has 0 saturated heterocycles. The van der Waals surface area contributed by atoms with E-state index in [4.69, 9.17) is 0 Å². The average Bonchev–Trinajstić information content (AvgIpc) is 2.63. The number of carbonyl (C=O) groups excluding carboxylic acids is 1. The molecule has 2 N–H and O–H groups in total. The van der Waals surface area contributed by atoms with Crippen molar-refractivity contribution < 1.29 is 4.79 Å². The number of urea groups is 1. The van der Waals surface area contributed by atoms with E-state index in [0.717, 1.165) is 18.4 Å². The maximum atomic E-state index is 12.4. The van der Waals surface area contributed by atoms with Gasteiger partial charge in [-0.3, -0.25) is 0 Å². The van der Waals surface area contributed by atoms with Gasteiger partial charge in [0.1, 0.15) is 0 Å². The molecule has 2 aromatic rings. The van der Waals surface area contributed by atoms with Gasteiger partial charge in [0.15, 0.2) is 0 Å². The van der Waals surface area contributed by atoms with Crippen LogP contribution in [0.4, 0.5) is 4.79 Å². The van der Waals surface area contributed by atoms with Crippen LogP contribution < -0.4 is 10.6 Å². The van der Waals surface area contributed by atoms with Gasteiger partial charge in [0.05, 0.1) is 12.1 Å². The van der Waals surface area contributed by atoms with Crippen LogP contribution in [0.5, 0.6) is 0 Å². The highest BCUT2D eigenvalue weighted by Crippen LogP contribution is 2.19. The summed E-state index contributed by atoms with van der Waals surface area (Å²) in [6.45, 7) is 2.70. The summed E-state index contributed by atoms with van der Waals surface area (Å²) < 4.78 is 0. The summed E-state index contributed by atoms with van der Waals surface area (Å²) in [6, 6.07) is 20.4. The molecule has 134 valence electrons. The van der Waals surface area contributed by atoms with Crippen LogP contribution in [-0.4, -0.2) is 31.6 Å². The van der Waals surface area contributed by atoms with Crippen LogP contribution in [-0.2, 0) is 0 Å². The Hall–Kier alpha value is -2.33. The molecule has 0 spiro atoms. The second-order valence-electron chi connectivity index (χ2n) is 6.50. The molecule has 0 aromatic heterocycles. The minimum absolute atomic E-state index is 0.0423. The molecule has 2 unspecified atom stereocenters. The van der Waals surface area contributed by atoms with Gasteiger partial charge in [0.25, 0.3) is 0 Å². The summed E-state index contributed by atoms with van der Waals surface area (Å²) in [5.74, 6) is 0. The molecule has 2 aromatic carbocycles. The highest BCUT2D eigenvalue weighted by molar-refractivity contribution is 5.74. The van der Waals surface area contributed by atoms with E-state index < -0.39 is 0 Å². The maximum absolute atomic E-state index is 12.4. The first-order chi connectivity index (χ1) is 12.1. The molecule has 0 saturated carbocycles. The fourth-order valence-corrected chi connectivity index (χ4v) is 2.97. The summed E-state index contributed by atoms with van der Waals surface area (Å²) in [5.41, 5.74) is 2.34. The number of nitrogens with zero attached hydrogens (tertiary/aromatic N) is 1. The van der Waals surface area contributed by atoms with Crippen LogP contribution in [0.3, 0.4) is 0 Å². The van der Waals surface area contributed by atoms with E-state index in [1.807, 2.05) is 50.5 Å². The van der Waals surface area contributed by atoms with Crippen molar-refractivity contribution in [2.75, 3.05) is 20.6 Å². The van der Waals surface area contributed by atoms with Crippen molar-refractivity contribution in [3.63, 3.8) is 0 Å². The summed E-state index contributed by atoms with van der Waals surface area (Å²) in [4.78, 5) is 14.5. The Morgan fingerprint density at radius 1 is 0.960 bits per heavy atom. The summed E-state index contributed by atoms with van der Waals surface area (Å²) in [7, 11) is 4.06. The first-order valence-corrected chi connectivity index (χ1v) is 8.92. The number of hydrogen-bond acceptors (Lipinski definition) is 2. The van der Waals surface area contributed by atoms with E-state index in [9.17, 15) is 4.79 Å². The van der Waals surface area contributed by atoms with Gasteiger partial charge in [0.2, 0.25) is 0 Å². The van der Waals surface area contributed by atoms with E-state index >= 15 is 0 Å². The number of hydrogen-bond donors (Lipinski definition) is 2. The number of likely N-dealkylation sites (N-methyl/N-ethyl adjacent to an activating group) is 1. The lowest BCUT2D eigenvalue weighted by Crippen LogP contribution is -2.42. The Morgan fingerprint density at radius 2 is 1.52 bits per heavy atom. The SMILES string of the molecule is CCCC(NC(=O)NCC(c1ccccc1)N(C)C)c1ccccc1. The van der Waals surface area contributed by atoms with Gasteiger partial charge in [-0.15, -0.1) is 0 Å². The van der Waals surface area contributed by atoms with E-state index in [2.05, 4.69) is 46.7 Å². The summed E-state index contributed by atoms with van der Waals surface area (Å²) in [6.07, 6.45) is 1.94. The van der Waals surface area contributed by atoms with E-state index in [1.54, 1.807) is 0 Å². The van der Waals surface area contributed by atoms with Gasteiger partial charge in [-0.1, -0.05) is 74.0 Å². The Bertz CT molecular complexity index is 628. The number of benzene rings is 2. The smallest absolute Gasteiger partial charge is 0.315 e. The maximum Gasteiger partial charge on any atom is 0.315 e. The third-order valence-corrected chi connectivity index (χ3v) is 4.35. The zero-order chi connectivity index (χ0) is 18.1. The molecule has 2 rings (SSSR count). The lowest BCUT2D eigenvalue weighted by molar-refractivity contribution is 0.228. The van der Waals surface area contributed by atoms with Crippen LogP contribution in [0.15, 0.2) is 60.7 Å². The second-order valence-corrected chi connectivity index (χ2v) is 6.50. The third kappa shape index (κ3) is 5.91. The summed E-state index contributed by atoms with van der Waals surface area (Å²) in [5, 5.41) is 6.14. The molecule has 2 amide bonds. The van der Waals surface area contributed by atoms with Crippen molar-refractivity contribution in [1.29, 1.82) is 0 Å². The van der Waals surface area contributed by atoms with Gasteiger partial charge in [-0.2, -0.15) is 0 Å². The minimum Gasteiger partial charge on any atom is -0.336 e. The Kier molecular flexibility index (Phi) is 7.48. The molecule has 0 heterocycles. The highest BCUT2D eigenvalue weighted by atomic mass is 16.2. The lowest BCUT2D eigenvalue weighted by atomic mass is 10.0. The van der Waals surface area contributed by atoms with Crippen molar-refractivity contribution in [3.8, 4) is 0 Å². The molecule has 0 aliphatic rings. The van der Waals surface area contributed by atoms with Crippen molar-refractivity contribution in [3.05, 3.63) is 71.8 Å². The number of carbonyl (C=O) groups is 1. The second kappa shape index (κ2) is 9.84. The minimum atomic E-state index is -0.120. The molecule has 4 heteroatoms. The van der Waals surface area contributed by atoms with Crippen LogP contribution in [0.2, 0.25) is 0 Å². The predicted molar refractivity (Wildman–Crippen MR) is 103 cm³/mol. The molecule has 0 fully saturated rings. The van der Waals surface area contributed by atoms with Gasteiger partial charge in [0, 0.05) is 6.54 Å². The van der Waals surface area contributed by atoms with E-state index in [1.165, 1.54) is 5.56 Å². The van der Waals surface area contributed by atoms with Crippen molar-refractivity contribution in [1.82, 2.24) is 15.5 Å². The van der Waals surface area contributed by atoms with Crippen molar-refractivity contribution in [2.24, 2.45) is 0 Å². The Labute approximate surface area is 151 Å². The Morgan fingerprint density at radius 3 is 2.04 bits per heavy atom. The van der Waals surface area contributed by atoms with Crippen LogP contribution >= 0.6 is 0 Å². The van der Waals surface area contributed by atoms with Crippen LogP contribution in [0.25, 0.3) is 0 Å². The fourth-order valence-electron chi connectivity index (χ4n) is 2.97. The normalized spacial score (nSPS) is 13.3. The van der Waals surface area contributed by atoms with Crippen molar-refractivity contribution in [2.45, 2.75) is 31.8 Å². The third-order valence-electron chi connectivity index (χ3n) is 4.35. The van der Waals surface area contributed by atoms with E-state index in [-0.39, 0.29) is 18.1 Å². The van der Waals surface area contributed by atoms with Crippen LogP contribution in [0.1, 0.15) is 43.0 Å². The topological polar surface area (TPSA) is 44.4 Å². The van der Waals surface area contributed by atoms with E-state index in [0.29, 0.717) is 6.54 Å². The summed E-state index contributed by atoms with van der Waals surface area (Å²) >= 11 is 0. The predicted octanol–water partition coefficient (Wildman–Crippen LogP) is 4.13. The quantitative estimate of drug-likeness (QED) is 0.759. The molecule has 0 aliphatic heterocycles. The molecular weight excluding hydrogens is 310 g/mol. The fraction of sp³-hybridized carbons (Fsp3) is 0.381. The molecule has 0 bridgehead atoms. The Balaban J connectivity index is 1.95. The molecule has 0 radical (unpaired) electrons. The lowest BCUT2D eigenvalue weighted by Gasteiger charge is -2.26. The monoisotopic (exact) mass is 339 g/mol. The van der Waals surface area contributed by atoms with Gasteiger partial charge in [-0.05, 0) is 31.6 Å². The standard InChI is InChI=1S/C21H29N3O/c1-4-11-19(17-12-7-5-8-13-17)23-21(25)22-16-20(24(2)3)18-14-9-6-10-15-18/h5-10,12-15,19-20H,4,11,16H2,1-3H3,(H2,22,23,25). The van der Waals surface area contributed by atoms with Gasteiger partial charge >= 0.3 is 6.03 Å². The van der Waals surface area contributed by atoms with Gasteiger partial charge < -0.3 is 15.5 Å². The average molecular weight is 339 g/mol. The van der Waals surface area contributed by atoms with Crippen molar-refractivity contribution >= 4 is 6.03 Å². The first kappa shape index (κ1) is 19.0. The molecular formula is C21H29N3O. The first-order valence-electron chi connectivity index (χ1n) is 8.92. The highest BCUT2D eigenvalue weighted by Gasteiger charge is 2.17. The molecule has 25 heavy (non-hydrogen) atoms. The molecule has 4 nitrogen and oxygen atoms in total. The largest absolute Gasteiger partial charge is 0.336 e. The zero-order valence-electron chi connectivity index (χ0n) is 15.4. The van der Waals surface area contributed by atoms with Crippen LogP contribution in [0, 0.1) is 0 Å². The molecule has 0 aliphatic carbocycles. The van der Waals surface area contributed by atoms with Gasteiger partial charge in [-0.25, -0.2) is 4.79 Å². The molecule has 2 atom stereocenters. The zero-order valence-corrected chi connectivity index (χ0v) is 15.4.